The van der Waals surface area contributed by atoms with Gasteiger partial charge < -0.3 is 9.84 Å². The van der Waals surface area contributed by atoms with Crippen LogP contribution in [0.1, 0.15) is 11.1 Å². The zero-order valence-corrected chi connectivity index (χ0v) is 8.49. The van der Waals surface area contributed by atoms with Crippen LogP contribution in [0.25, 0.3) is 0 Å². The van der Waals surface area contributed by atoms with E-state index in [0.717, 1.165) is 16.9 Å². The topological polar surface area (TPSA) is 58.6 Å². The van der Waals surface area contributed by atoms with E-state index in [2.05, 4.69) is 5.32 Å². The molecule has 1 atom stereocenters. The minimum Gasteiger partial charge on any atom is -0.496 e. The van der Waals surface area contributed by atoms with Gasteiger partial charge in [-0.15, -0.1) is 0 Å². The minimum absolute atomic E-state index is 0.482. The summed E-state index contributed by atoms with van der Waals surface area (Å²) < 4.78 is 5.22. The number of hydrogen-bond donors (Lipinski definition) is 2. The summed E-state index contributed by atoms with van der Waals surface area (Å²) in [6.07, 6.45) is 0.516. The molecule has 1 heterocycles. The predicted molar refractivity (Wildman–Crippen MR) is 55.0 cm³/mol. The molecule has 0 bridgehead atoms. The Kier molecular flexibility index (Phi) is 2.60. The second-order valence-corrected chi connectivity index (χ2v) is 3.57. The minimum atomic E-state index is -0.802. The van der Waals surface area contributed by atoms with Crippen molar-refractivity contribution in [2.75, 3.05) is 7.11 Å². The third kappa shape index (κ3) is 1.80. The van der Waals surface area contributed by atoms with E-state index in [9.17, 15) is 4.79 Å². The van der Waals surface area contributed by atoms with Crippen LogP contribution in [0.3, 0.4) is 0 Å². The summed E-state index contributed by atoms with van der Waals surface area (Å²) in [7, 11) is 1.62. The Labute approximate surface area is 87.9 Å². The van der Waals surface area contributed by atoms with Crippen LogP contribution in [0.4, 0.5) is 0 Å². The van der Waals surface area contributed by atoms with Crippen molar-refractivity contribution in [3.63, 3.8) is 0 Å². The Morgan fingerprint density at radius 3 is 3.07 bits per heavy atom. The van der Waals surface area contributed by atoms with Gasteiger partial charge in [0.25, 0.3) is 0 Å². The van der Waals surface area contributed by atoms with Gasteiger partial charge in [-0.2, -0.15) is 0 Å². The molecule has 0 spiro atoms. The van der Waals surface area contributed by atoms with Crippen molar-refractivity contribution in [3.8, 4) is 5.75 Å². The van der Waals surface area contributed by atoms with Gasteiger partial charge in [-0.1, -0.05) is 12.1 Å². The molecular weight excluding hydrogens is 194 g/mol. The van der Waals surface area contributed by atoms with Crippen LogP contribution in [0.2, 0.25) is 0 Å². The molecule has 1 aliphatic heterocycles. The number of hydrogen-bond acceptors (Lipinski definition) is 3. The average molecular weight is 207 g/mol. The molecule has 1 aliphatic rings. The quantitative estimate of drug-likeness (QED) is 0.753. The Morgan fingerprint density at radius 1 is 1.60 bits per heavy atom. The molecule has 0 radical (unpaired) electrons. The zero-order chi connectivity index (χ0) is 10.8. The van der Waals surface area contributed by atoms with Crippen LogP contribution in [0.5, 0.6) is 5.75 Å². The number of rotatable bonds is 2. The predicted octanol–water partition coefficient (Wildman–Crippen LogP) is 0.794. The first-order valence-corrected chi connectivity index (χ1v) is 4.83. The molecule has 0 unspecified atom stereocenters. The van der Waals surface area contributed by atoms with E-state index in [1.807, 2.05) is 18.2 Å². The highest BCUT2D eigenvalue weighted by atomic mass is 16.5. The van der Waals surface area contributed by atoms with E-state index in [0.29, 0.717) is 13.0 Å². The second kappa shape index (κ2) is 3.90. The first-order valence-electron chi connectivity index (χ1n) is 4.83. The van der Waals surface area contributed by atoms with E-state index in [1.54, 1.807) is 7.11 Å². The van der Waals surface area contributed by atoms with Crippen LogP contribution in [-0.4, -0.2) is 24.2 Å². The molecule has 0 saturated carbocycles. The lowest BCUT2D eigenvalue weighted by Crippen LogP contribution is -2.41. The van der Waals surface area contributed by atoms with Crippen LogP contribution in [0.15, 0.2) is 18.2 Å². The number of carbonyl (C=O) groups is 1. The summed E-state index contributed by atoms with van der Waals surface area (Å²) in [6, 6.07) is 5.25. The first kappa shape index (κ1) is 9.98. The van der Waals surface area contributed by atoms with Crippen LogP contribution >= 0.6 is 0 Å². The van der Waals surface area contributed by atoms with E-state index >= 15 is 0 Å². The van der Waals surface area contributed by atoms with Gasteiger partial charge in [0.15, 0.2) is 0 Å². The summed E-state index contributed by atoms with van der Waals surface area (Å²) in [5.41, 5.74) is 2.12. The first-order chi connectivity index (χ1) is 7.22. The largest absolute Gasteiger partial charge is 0.496 e. The highest BCUT2D eigenvalue weighted by molar-refractivity contribution is 5.74. The Morgan fingerprint density at radius 2 is 2.40 bits per heavy atom. The van der Waals surface area contributed by atoms with Gasteiger partial charge in [0.2, 0.25) is 0 Å². The smallest absolute Gasteiger partial charge is 0.321 e. The van der Waals surface area contributed by atoms with E-state index < -0.39 is 12.0 Å². The monoisotopic (exact) mass is 207 g/mol. The molecule has 80 valence electrons. The van der Waals surface area contributed by atoms with Gasteiger partial charge >= 0.3 is 5.97 Å². The van der Waals surface area contributed by atoms with Gasteiger partial charge in [0.05, 0.1) is 7.11 Å². The summed E-state index contributed by atoms with van der Waals surface area (Å²) in [6.45, 7) is 0.552. The number of benzene rings is 1. The molecule has 0 aromatic heterocycles. The van der Waals surface area contributed by atoms with Crippen molar-refractivity contribution in [2.45, 2.75) is 19.0 Å². The van der Waals surface area contributed by atoms with Crippen molar-refractivity contribution >= 4 is 5.97 Å². The van der Waals surface area contributed by atoms with Gasteiger partial charge in [-0.25, -0.2) is 0 Å². The molecule has 4 nitrogen and oxygen atoms in total. The third-order valence-corrected chi connectivity index (χ3v) is 2.70. The Hall–Kier alpha value is -1.55. The number of aliphatic carboxylic acids is 1. The molecule has 4 heteroatoms. The number of methoxy groups -OCH3 is 1. The van der Waals surface area contributed by atoms with Gasteiger partial charge in [0.1, 0.15) is 11.8 Å². The maximum absolute atomic E-state index is 10.8. The highest BCUT2D eigenvalue weighted by Gasteiger charge is 2.24. The van der Waals surface area contributed by atoms with E-state index in [1.165, 1.54) is 0 Å². The normalized spacial score (nSPS) is 19.4. The fourth-order valence-electron chi connectivity index (χ4n) is 1.89. The fourth-order valence-corrected chi connectivity index (χ4v) is 1.89. The lowest BCUT2D eigenvalue weighted by molar-refractivity contribution is -0.139. The molecule has 2 N–H and O–H groups in total. The van der Waals surface area contributed by atoms with Gasteiger partial charge in [-0.3, -0.25) is 10.1 Å². The number of carboxylic acids is 1. The van der Waals surface area contributed by atoms with Crippen molar-refractivity contribution in [2.24, 2.45) is 0 Å². The summed E-state index contributed by atoms with van der Waals surface area (Å²) >= 11 is 0. The van der Waals surface area contributed by atoms with E-state index in [-0.39, 0.29) is 0 Å². The standard InChI is InChI=1S/C11H13NO3/c1-15-10-4-2-3-7-5-9(11(13)14)12-6-8(7)10/h2-4,9,12H,5-6H2,1H3,(H,13,14)/t9-/m1/s1. The molecule has 0 aliphatic carbocycles. The lowest BCUT2D eigenvalue weighted by atomic mass is 9.95. The van der Waals surface area contributed by atoms with Crippen molar-refractivity contribution < 1.29 is 14.6 Å². The molecule has 0 amide bonds. The molecule has 1 aromatic rings. The van der Waals surface area contributed by atoms with Crippen LogP contribution in [-0.2, 0) is 17.8 Å². The fraction of sp³-hybridized carbons (Fsp3) is 0.364. The maximum atomic E-state index is 10.8. The number of carboxylic acid groups (broad SMARTS) is 1. The maximum Gasteiger partial charge on any atom is 0.321 e. The summed E-state index contributed by atoms with van der Waals surface area (Å²) in [4.78, 5) is 10.8. The molecule has 1 aromatic carbocycles. The van der Waals surface area contributed by atoms with E-state index in [4.69, 9.17) is 9.84 Å². The van der Waals surface area contributed by atoms with Crippen molar-refractivity contribution in [1.82, 2.24) is 5.32 Å². The zero-order valence-electron chi connectivity index (χ0n) is 8.49. The molecule has 0 fully saturated rings. The Balaban J connectivity index is 2.31. The average Bonchev–Trinajstić information content (AvgIpc) is 2.27. The SMILES string of the molecule is COc1cccc2c1CN[C@@H](C(=O)O)C2. The van der Waals surface area contributed by atoms with Gasteiger partial charge in [0, 0.05) is 12.1 Å². The van der Waals surface area contributed by atoms with Crippen molar-refractivity contribution in [1.29, 1.82) is 0 Å². The van der Waals surface area contributed by atoms with Crippen molar-refractivity contribution in [3.05, 3.63) is 29.3 Å². The van der Waals surface area contributed by atoms with Crippen LogP contribution < -0.4 is 10.1 Å². The second-order valence-electron chi connectivity index (χ2n) is 3.57. The number of nitrogens with one attached hydrogen (secondary N) is 1. The number of fused-ring (bicyclic) bond motifs is 1. The van der Waals surface area contributed by atoms with Gasteiger partial charge in [-0.05, 0) is 18.1 Å². The third-order valence-electron chi connectivity index (χ3n) is 2.70. The lowest BCUT2D eigenvalue weighted by Gasteiger charge is -2.24. The highest BCUT2D eigenvalue weighted by Crippen LogP contribution is 2.26. The molecule has 0 saturated heterocycles. The number of ether oxygens (including phenoxy) is 1. The molecular formula is C11H13NO3. The van der Waals surface area contributed by atoms with Crippen LogP contribution in [0, 0.1) is 0 Å². The summed E-state index contributed by atoms with van der Waals surface area (Å²) in [5.74, 6) is 0.0207. The Bertz CT molecular complexity index is 389. The summed E-state index contributed by atoms with van der Waals surface area (Å²) in [5, 5.41) is 11.9. The molecule has 15 heavy (non-hydrogen) atoms. The molecule has 2 rings (SSSR count).